The highest BCUT2D eigenvalue weighted by Gasteiger charge is 2.48. The number of hydrogen-bond donors (Lipinski definition) is 3. The summed E-state index contributed by atoms with van der Waals surface area (Å²) in [7, 11) is 0. The van der Waals surface area contributed by atoms with Gasteiger partial charge in [-0.2, -0.15) is 12.6 Å². The highest BCUT2D eigenvalue weighted by Crippen LogP contribution is 2.40. The fourth-order valence-electron chi connectivity index (χ4n) is 4.04. The number of ether oxygens (including phenoxy) is 1. The molecule has 0 saturated heterocycles. The maximum absolute atomic E-state index is 13.8. The molecule has 35 heavy (non-hydrogen) atoms. The molecule has 0 heterocycles. The number of carbonyl (C=O) groups excluding carboxylic acids is 3. The fraction of sp³-hybridized carbons (Fsp3) is 0.667. The lowest BCUT2D eigenvalue weighted by Gasteiger charge is -2.34. The molecule has 0 bridgehead atoms. The summed E-state index contributed by atoms with van der Waals surface area (Å²) in [6.07, 6.45) is 3.99. The third kappa shape index (κ3) is 8.74. The number of nitrogens with zero attached hydrogens (tertiary/aromatic N) is 1. The monoisotopic (exact) mass is 505 g/mol. The normalized spacial score (nSPS) is 18.8. The molecule has 0 aromatic heterocycles. The Morgan fingerprint density at radius 1 is 1.14 bits per heavy atom. The first-order valence-electron chi connectivity index (χ1n) is 12.8. The van der Waals surface area contributed by atoms with E-state index in [1.165, 1.54) is 0 Å². The molecule has 3 amide bonds. The van der Waals surface area contributed by atoms with Gasteiger partial charge in [0.25, 0.3) is 0 Å². The van der Waals surface area contributed by atoms with Crippen molar-refractivity contribution in [2.45, 2.75) is 97.4 Å². The number of alkyl carbamates (subject to hydrolysis) is 1. The van der Waals surface area contributed by atoms with Crippen LogP contribution in [0.1, 0.15) is 84.4 Å². The quantitative estimate of drug-likeness (QED) is 0.285. The van der Waals surface area contributed by atoms with Crippen molar-refractivity contribution >= 4 is 30.5 Å². The largest absolute Gasteiger partial charge is 0.444 e. The van der Waals surface area contributed by atoms with Gasteiger partial charge in [-0.05, 0) is 57.1 Å². The van der Waals surface area contributed by atoms with Gasteiger partial charge in [0.05, 0.1) is 0 Å². The number of unbranched alkanes of at least 4 members (excludes halogenated alkanes) is 2. The maximum atomic E-state index is 13.8. The fourth-order valence-corrected chi connectivity index (χ4v) is 4.29. The Kier molecular flexibility index (Phi) is 10.9. The van der Waals surface area contributed by atoms with E-state index in [0.29, 0.717) is 6.54 Å². The molecule has 0 radical (unpaired) electrons. The van der Waals surface area contributed by atoms with Crippen LogP contribution in [0.3, 0.4) is 0 Å². The van der Waals surface area contributed by atoms with Crippen molar-refractivity contribution in [3.8, 4) is 0 Å². The van der Waals surface area contributed by atoms with Crippen LogP contribution in [0, 0.1) is 5.92 Å². The lowest BCUT2D eigenvalue weighted by Crippen LogP contribution is -2.54. The first kappa shape index (κ1) is 29.0. The van der Waals surface area contributed by atoms with Crippen LogP contribution in [0.2, 0.25) is 0 Å². The van der Waals surface area contributed by atoms with Gasteiger partial charge in [0.1, 0.15) is 17.7 Å². The summed E-state index contributed by atoms with van der Waals surface area (Å²) in [5.74, 6) is -0.164. The van der Waals surface area contributed by atoms with Crippen LogP contribution in [0.25, 0.3) is 0 Å². The van der Waals surface area contributed by atoms with Gasteiger partial charge >= 0.3 is 6.09 Å². The van der Waals surface area contributed by atoms with Crippen molar-refractivity contribution in [2.75, 3.05) is 12.3 Å². The molecule has 4 atom stereocenters. The Bertz CT molecular complexity index is 853. The molecular formula is C27H43N3O4S. The average Bonchev–Trinajstić information content (AvgIpc) is 3.52. The topological polar surface area (TPSA) is 87.7 Å². The second-order valence-corrected chi connectivity index (χ2v) is 10.8. The van der Waals surface area contributed by atoms with Crippen LogP contribution in [0.5, 0.6) is 0 Å². The van der Waals surface area contributed by atoms with Gasteiger partial charge in [0.15, 0.2) is 0 Å². The molecule has 7 nitrogen and oxygen atoms in total. The summed E-state index contributed by atoms with van der Waals surface area (Å²) in [6.45, 7) is 12.1. The van der Waals surface area contributed by atoms with Gasteiger partial charge < -0.3 is 20.3 Å². The molecule has 1 saturated carbocycles. The lowest BCUT2D eigenvalue weighted by atomic mass is 10.00. The van der Waals surface area contributed by atoms with E-state index >= 15 is 0 Å². The Labute approximate surface area is 216 Å². The summed E-state index contributed by atoms with van der Waals surface area (Å²) in [6, 6.07) is 6.09. The summed E-state index contributed by atoms with van der Waals surface area (Å²) >= 11 is 4.34. The first-order chi connectivity index (χ1) is 16.5. The molecule has 0 spiro atoms. The van der Waals surface area contributed by atoms with E-state index in [-0.39, 0.29) is 29.5 Å². The van der Waals surface area contributed by atoms with Gasteiger partial charge in [0, 0.05) is 18.3 Å². The number of benzene rings is 1. The van der Waals surface area contributed by atoms with Crippen LogP contribution < -0.4 is 10.6 Å². The molecule has 8 heteroatoms. The molecule has 1 aliphatic rings. The summed E-state index contributed by atoms with van der Waals surface area (Å²) in [5.41, 5.74) is 1.23. The summed E-state index contributed by atoms with van der Waals surface area (Å²) in [4.78, 5) is 41.5. The van der Waals surface area contributed by atoms with Crippen LogP contribution >= 0.6 is 12.6 Å². The molecule has 0 aliphatic heterocycles. The Balaban J connectivity index is 2.36. The van der Waals surface area contributed by atoms with Crippen LogP contribution in [-0.4, -0.2) is 52.8 Å². The third-order valence-electron chi connectivity index (χ3n) is 6.16. The molecule has 1 aromatic carbocycles. The number of thiol groups is 1. The van der Waals surface area contributed by atoms with Crippen molar-refractivity contribution in [3.05, 3.63) is 35.4 Å². The van der Waals surface area contributed by atoms with Crippen molar-refractivity contribution in [2.24, 2.45) is 5.92 Å². The second kappa shape index (κ2) is 13.2. The Hall–Kier alpha value is -2.22. The minimum Gasteiger partial charge on any atom is -0.444 e. The number of carbonyl (C=O) groups is 3. The van der Waals surface area contributed by atoms with Gasteiger partial charge in [0.2, 0.25) is 11.8 Å². The van der Waals surface area contributed by atoms with Crippen molar-refractivity contribution in [1.29, 1.82) is 0 Å². The highest BCUT2D eigenvalue weighted by molar-refractivity contribution is 7.80. The number of aryl methyl sites for hydroxylation is 1. The number of rotatable bonds is 12. The Morgan fingerprint density at radius 3 is 2.26 bits per heavy atom. The van der Waals surface area contributed by atoms with E-state index in [1.807, 2.05) is 24.3 Å². The van der Waals surface area contributed by atoms with Gasteiger partial charge in [-0.3, -0.25) is 9.59 Å². The predicted octanol–water partition coefficient (Wildman–Crippen LogP) is 4.66. The van der Waals surface area contributed by atoms with Crippen LogP contribution in [0.15, 0.2) is 24.3 Å². The molecule has 2 rings (SSSR count). The molecular weight excluding hydrogens is 462 g/mol. The Morgan fingerprint density at radius 2 is 1.77 bits per heavy atom. The van der Waals surface area contributed by atoms with E-state index < -0.39 is 23.8 Å². The molecule has 4 unspecified atom stereocenters. The SMILES string of the molecule is CCCCCNC(=O)C(c1ccc(CC)cc1)N(C(=O)C(CS)NC(=O)OC(C)(C)C)C1CC1C. The van der Waals surface area contributed by atoms with Gasteiger partial charge in [-0.1, -0.05) is 57.9 Å². The van der Waals surface area contributed by atoms with Crippen LogP contribution in [-0.2, 0) is 20.7 Å². The molecule has 2 N–H and O–H groups in total. The minimum absolute atomic E-state index is 0.0810. The van der Waals surface area contributed by atoms with Crippen LogP contribution in [0.4, 0.5) is 4.79 Å². The second-order valence-electron chi connectivity index (χ2n) is 10.4. The van der Waals surface area contributed by atoms with E-state index in [4.69, 9.17) is 4.74 Å². The minimum atomic E-state index is -0.911. The molecule has 1 aliphatic carbocycles. The maximum Gasteiger partial charge on any atom is 0.408 e. The predicted molar refractivity (Wildman–Crippen MR) is 143 cm³/mol. The zero-order valence-electron chi connectivity index (χ0n) is 22.1. The number of hydrogen-bond acceptors (Lipinski definition) is 5. The van der Waals surface area contributed by atoms with E-state index in [2.05, 4.69) is 44.0 Å². The van der Waals surface area contributed by atoms with Gasteiger partial charge in [-0.25, -0.2) is 4.79 Å². The average molecular weight is 506 g/mol. The van der Waals surface area contributed by atoms with Crippen molar-refractivity contribution in [1.82, 2.24) is 15.5 Å². The zero-order chi connectivity index (χ0) is 26.2. The third-order valence-corrected chi connectivity index (χ3v) is 6.53. The van der Waals surface area contributed by atoms with Gasteiger partial charge in [-0.15, -0.1) is 0 Å². The number of amides is 3. The smallest absolute Gasteiger partial charge is 0.408 e. The summed E-state index contributed by atoms with van der Waals surface area (Å²) in [5, 5.41) is 5.71. The van der Waals surface area contributed by atoms with Crippen molar-refractivity contribution in [3.63, 3.8) is 0 Å². The molecule has 1 fully saturated rings. The van der Waals surface area contributed by atoms with Crippen molar-refractivity contribution < 1.29 is 19.1 Å². The van der Waals surface area contributed by atoms with E-state index in [9.17, 15) is 14.4 Å². The highest BCUT2D eigenvalue weighted by atomic mass is 32.1. The molecule has 1 aromatic rings. The standard InChI is InChI=1S/C27H43N3O4S/c1-7-9-10-15-28-24(31)23(20-13-11-19(8-2)12-14-20)30(22-16-18(22)3)25(32)21(17-35)29-26(33)34-27(4,5)6/h11-14,18,21-23,35H,7-10,15-17H2,1-6H3,(H,28,31)(H,29,33). The van der Waals surface area contributed by atoms with E-state index in [1.54, 1.807) is 25.7 Å². The zero-order valence-corrected chi connectivity index (χ0v) is 23.0. The number of nitrogens with one attached hydrogen (secondary N) is 2. The summed E-state index contributed by atoms with van der Waals surface area (Å²) < 4.78 is 5.36. The molecule has 196 valence electrons. The van der Waals surface area contributed by atoms with E-state index in [0.717, 1.165) is 43.2 Å². The lowest BCUT2D eigenvalue weighted by molar-refractivity contribution is -0.143. The first-order valence-corrected chi connectivity index (χ1v) is 13.4.